The lowest BCUT2D eigenvalue weighted by atomic mass is 9.98. The first-order valence-corrected chi connectivity index (χ1v) is 11.9. The molecule has 3 aliphatic rings. The number of nitrogens with zero attached hydrogens (tertiary/aromatic N) is 5. The fourth-order valence-corrected chi connectivity index (χ4v) is 4.95. The molecule has 6 rings (SSSR count). The zero-order chi connectivity index (χ0) is 23.9. The molecule has 1 aromatic carbocycles. The molecule has 0 spiro atoms. The van der Waals surface area contributed by atoms with E-state index in [1.54, 1.807) is 29.6 Å². The van der Waals surface area contributed by atoms with Crippen LogP contribution in [0.4, 0.5) is 31.6 Å². The third kappa shape index (κ3) is 3.91. The smallest absolute Gasteiger partial charge is 0.336 e. The van der Waals surface area contributed by atoms with E-state index in [1.165, 1.54) is 4.90 Å². The van der Waals surface area contributed by atoms with Gasteiger partial charge in [0.1, 0.15) is 18.2 Å². The third-order valence-corrected chi connectivity index (χ3v) is 6.88. The number of nitrogens with one attached hydrogen (secondary N) is 1. The molecule has 0 atom stereocenters. The summed E-state index contributed by atoms with van der Waals surface area (Å²) >= 11 is -0.0720. The van der Waals surface area contributed by atoms with E-state index in [9.17, 15) is 13.5 Å². The molecule has 0 saturated carbocycles. The summed E-state index contributed by atoms with van der Waals surface area (Å²) in [4.78, 5) is 36.4. The molecule has 11 heteroatoms. The summed E-state index contributed by atoms with van der Waals surface area (Å²) in [6.07, 6.45) is 6.48. The molecule has 35 heavy (non-hydrogen) atoms. The Bertz CT molecular complexity index is 1340. The second-order valence-corrected chi connectivity index (χ2v) is 9.09. The molecule has 178 valence electrons. The molecule has 2 fully saturated rings. The van der Waals surface area contributed by atoms with Crippen molar-refractivity contribution < 1.29 is 18.2 Å². The summed E-state index contributed by atoms with van der Waals surface area (Å²) in [5.74, 6) is 1.50. The third-order valence-electron chi connectivity index (χ3n) is 6.38. The first-order valence-electron chi connectivity index (χ1n) is 11.3. The van der Waals surface area contributed by atoms with Crippen molar-refractivity contribution in [1.82, 2.24) is 14.3 Å². The molecule has 3 aromatic rings. The van der Waals surface area contributed by atoms with Crippen LogP contribution in [0.1, 0.15) is 18.4 Å². The Morgan fingerprint density at radius 2 is 1.89 bits per heavy atom. The highest BCUT2D eigenvalue weighted by atomic mass is 32.2. The maximum atomic E-state index is 12.9. The number of benzene rings is 1. The van der Waals surface area contributed by atoms with E-state index in [1.807, 2.05) is 24.3 Å². The zero-order valence-electron chi connectivity index (χ0n) is 18.6. The predicted molar refractivity (Wildman–Crippen MR) is 131 cm³/mol. The zero-order valence-corrected chi connectivity index (χ0v) is 19.4. The minimum atomic E-state index is -0.406. The summed E-state index contributed by atoms with van der Waals surface area (Å²) in [7, 11) is 0. The number of hydrogen-bond donors (Lipinski definition) is 1. The molecule has 0 aliphatic carbocycles. The minimum absolute atomic E-state index is 0.0720. The van der Waals surface area contributed by atoms with E-state index in [0.29, 0.717) is 43.3 Å². The predicted octanol–water partition coefficient (Wildman–Crippen LogP) is 4.68. The molecule has 0 radical (unpaired) electrons. The van der Waals surface area contributed by atoms with Crippen LogP contribution in [0.15, 0.2) is 48.9 Å². The molecular weight excluding hydrogens is 471 g/mol. The van der Waals surface area contributed by atoms with Crippen LogP contribution in [0.25, 0.3) is 11.1 Å². The molecule has 9 nitrogen and oxygen atoms in total. The molecule has 2 aromatic heterocycles. The summed E-state index contributed by atoms with van der Waals surface area (Å²) in [5.41, 5.74) is 5.00. The lowest BCUT2D eigenvalue weighted by Crippen LogP contribution is -2.27. The van der Waals surface area contributed by atoms with Crippen LogP contribution in [-0.4, -0.2) is 45.8 Å². The van der Waals surface area contributed by atoms with Crippen molar-refractivity contribution in [1.29, 1.82) is 0 Å². The average Bonchev–Trinajstić information content (AvgIpc) is 3.48. The van der Waals surface area contributed by atoms with Gasteiger partial charge in [0.25, 0.3) is 0 Å². The largest absolute Gasteiger partial charge is 0.488 e. The Hall–Kier alpha value is -3.86. The van der Waals surface area contributed by atoms with Crippen molar-refractivity contribution in [2.75, 3.05) is 34.8 Å². The molecule has 5 heterocycles. The average molecular weight is 493 g/mol. The normalized spacial score (nSPS) is 16.9. The number of ether oxygens (including phenoxy) is 1. The highest BCUT2D eigenvalue weighted by Crippen LogP contribution is 2.41. The van der Waals surface area contributed by atoms with Gasteiger partial charge in [-0.05, 0) is 30.7 Å². The molecule has 3 aliphatic heterocycles. The molecule has 3 amide bonds. The van der Waals surface area contributed by atoms with Gasteiger partial charge in [0.15, 0.2) is 12.3 Å². The molecule has 1 N–H and O–H groups in total. The SMILES string of the molecule is O=C1CCCN1c1ccc2c(c1)OCc1cc(Nc3cncc(N4CCN(SF)C4=O)c3)ncc1-2. The number of carbonyl (C=O) groups excluding carboxylic acids is 2. The number of amides is 3. The monoisotopic (exact) mass is 492 g/mol. The lowest BCUT2D eigenvalue weighted by molar-refractivity contribution is -0.117. The Kier molecular flexibility index (Phi) is 5.40. The van der Waals surface area contributed by atoms with Gasteiger partial charge in [-0.2, -0.15) is 0 Å². The first kappa shape index (κ1) is 21.7. The van der Waals surface area contributed by atoms with Crippen LogP contribution in [-0.2, 0) is 11.4 Å². The highest BCUT2D eigenvalue weighted by Gasteiger charge is 2.31. The van der Waals surface area contributed by atoms with E-state index in [0.717, 1.165) is 45.4 Å². The van der Waals surface area contributed by atoms with Gasteiger partial charge in [-0.25, -0.2) is 14.1 Å². The molecule has 0 unspecified atom stereocenters. The van der Waals surface area contributed by atoms with Gasteiger partial charge in [-0.15, -0.1) is 3.89 Å². The Labute approximate surface area is 205 Å². The standard InChI is InChI=1S/C24H21FN6O3S/c25-35-31-7-6-30(24(31)33)18-9-16(11-26-12-18)28-22-8-15-14-34-21-10-17(29-5-1-2-23(29)32)3-4-19(21)20(15)13-27-22/h3-4,8-13H,1-2,5-7,14H2,(H,27,28). The first-order chi connectivity index (χ1) is 17.1. The summed E-state index contributed by atoms with van der Waals surface area (Å²) in [6, 6.07) is 9.15. The van der Waals surface area contributed by atoms with Crippen molar-refractivity contribution in [2.45, 2.75) is 19.4 Å². The van der Waals surface area contributed by atoms with Crippen LogP contribution in [0.3, 0.4) is 0 Å². The number of fused-ring (bicyclic) bond motifs is 3. The Morgan fingerprint density at radius 3 is 2.69 bits per heavy atom. The van der Waals surface area contributed by atoms with Gasteiger partial charge < -0.3 is 15.0 Å². The number of carbonyl (C=O) groups is 2. The van der Waals surface area contributed by atoms with Crippen molar-refractivity contribution in [3.05, 3.63) is 54.5 Å². The van der Waals surface area contributed by atoms with Crippen LogP contribution < -0.4 is 19.9 Å². The van der Waals surface area contributed by atoms with E-state index in [4.69, 9.17) is 4.74 Å². The van der Waals surface area contributed by atoms with Gasteiger partial charge in [0.05, 0.1) is 30.3 Å². The number of rotatable bonds is 5. The quantitative estimate of drug-likeness (QED) is 0.517. The van der Waals surface area contributed by atoms with Crippen molar-refractivity contribution in [3.63, 3.8) is 0 Å². The topological polar surface area (TPSA) is 90.9 Å². The van der Waals surface area contributed by atoms with Crippen LogP contribution in [0.2, 0.25) is 0 Å². The number of hydrogen-bond acceptors (Lipinski definition) is 7. The van der Waals surface area contributed by atoms with Crippen molar-refractivity contribution in [3.8, 4) is 16.9 Å². The molecular formula is C24H21FN6O3S. The van der Waals surface area contributed by atoms with E-state index in [-0.39, 0.29) is 18.2 Å². The number of halogens is 1. The molecule has 0 bridgehead atoms. The van der Waals surface area contributed by atoms with Crippen LogP contribution in [0, 0.1) is 0 Å². The van der Waals surface area contributed by atoms with E-state index < -0.39 is 6.03 Å². The Balaban J connectivity index is 1.22. The number of pyridine rings is 2. The highest BCUT2D eigenvalue weighted by molar-refractivity contribution is 7.92. The lowest BCUT2D eigenvalue weighted by Gasteiger charge is -2.24. The maximum absolute atomic E-state index is 12.9. The van der Waals surface area contributed by atoms with Gasteiger partial charge in [-0.1, -0.05) is 0 Å². The van der Waals surface area contributed by atoms with Crippen LogP contribution >= 0.6 is 12.3 Å². The van der Waals surface area contributed by atoms with E-state index >= 15 is 0 Å². The van der Waals surface area contributed by atoms with E-state index in [2.05, 4.69) is 15.3 Å². The summed E-state index contributed by atoms with van der Waals surface area (Å²) < 4.78 is 20.0. The van der Waals surface area contributed by atoms with Gasteiger partial charge in [0.2, 0.25) is 5.91 Å². The fourth-order valence-electron chi connectivity index (χ4n) is 4.64. The van der Waals surface area contributed by atoms with Crippen molar-refractivity contribution in [2.24, 2.45) is 0 Å². The van der Waals surface area contributed by atoms with Crippen LogP contribution in [0.5, 0.6) is 5.75 Å². The maximum Gasteiger partial charge on any atom is 0.336 e. The number of urea groups is 1. The number of aromatic nitrogens is 2. The van der Waals surface area contributed by atoms with Gasteiger partial charge in [0, 0.05) is 54.2 Å². The Morgan fingerprint density at radius 1 is 0.971 bits per heavy atom. The second kappa shape index (κ2) is 8.73. The van der Waals surface area contributed by atoms with Crippen molar-refractivity contribution >= 4 is 47.2 Å². The van der Waals surface area contributed by atoms with Gasteiger partial charge >= 0.3 is 6.03 Å². The minimum Gasteiger partial charge on any atom is -0.488 e. The summed E-state index contributed by atoms with van der Waals surface area (Å²) in [5, 5.41) is 3.23. The second-order valence-electron chi connectivity index (χ2n) is 8.51. The summed E-state index contributed by atoms with van der Waals surface area (Å²) in [6.45, 7) is 1.82. The fraction of sp³-hybridized carbons (Fsp3) is 0.250. The number of anilines is 4. The van der Waals surface area contributed by atoms with Gasteiger partial charge in [-0.3, -0.25) is 14.7 Å². The molecule has 2 saturated heterocycles.